The van der Waals surface area contributed by atoms with Crippen molar-refractivity contribution in [1.29, 1.82) is 0 Å². The molecule has 0 saturated heterocycles. The third-order valence-electron chi connectivity index (χ3n) is 2.39. The van der Waals surface area contributed by atoms with Gasteiger partial charge in [0.15, 0.2) is 11.6 Å². The first-order chi connectivity index (χ1) is 10.0. The molecule has 1 aromatic heterocycles. The SMILES string of the molecule is CCCNc1nnc(C(=O)Nc2c(F)cc(F)cc2F)s1. The van der Waals surface area contributed by atoms with Gasteiger partial charge < -0.3 is 10.6 Å². The molecule has 9 heteroatoms. The molecule has 0 saturated carbocycles. The fourth-order valence-electron chi connectivity index (χ4n) is 1.45. The van der Waals surface area contributed by atoms with Crippen molar-refractivity contribution in [2.45, 2.75) is 13.3 Å². The van der Waals surface area contributed by atoms with E-state index in [0.717, 1.165) is 17.8 Å². The highest BCUT2D eigenvalue weighted by Crippen LogP contribution is 2.22. The van der Waals surface area contributed by atoms with Crippen molar-refractivity contribution >= 4 is 28.1 Å². The van der Waals surface area contributed by atoms with Crippen LogP contribution in [0.5, 0.6) is 0 Å². The Morgan fingerprint density at radius 2 is 1.90 bits per heavy atom. The molecular formula is C12H11F3N4OS. The van der Waals surface area contributed by atoms with Gasteiger partial charge in [-0.2, -0.15) is 0 Å². The van der Waals surface area contributed by atoms with Gasteiger partial charge in [-0.3, -0.25) is 4.79 Å². The maximum absolute atomic E-state index is 13.4. The van der Waals surface area contributed by atoms with Crippen molar-refractivity contribution in [3.05, 3.63) is 34.6 Å². The van der Waals surface area contributed by atoms with E-state index in [4.69, 9.17) is 0 Å². The number of hydrogen-bond acceptors (Lipinski definition) is 5. The molecule has 1 aromatic carbocycles. The maximum Gasteiger partial charge on any atom is 0.286 e. The van der Waals surface area contributed by atoms with Crippen LogP contribution < -0.4 is 10.6 Å². The van der Waals surface area contributed by atoms with Gasteiger partial charge in [-0.25, -0.2) is 13.2 Å². The highest BCUT2D eigenvalue weighted by molar-refractivity contribution is 7.17. The molecule has 1 heterocycles. The van der Waals surface area contributed by atoms with Crippen LogP contribution in [0.1, 0.15) is 23.1 Å². The molecular weight excluding hydrogens is 305 g/mol. The normalized spacial score (nSPS) is 10.5. The molecule has 112 valence electrons. The van der Waals surface area contributed by atoms with E-state index < -0.39 is 29.0 Å². The Morgan fingerprint density at radius 1 is 1.24 bits per heavy atom. The van der Waals surface area contributed by atoms with Gasteiger partial charge in [0, 0.05) is 18.7 Å². The molecule has 0 aliphatic carbocycles. The summed E-state index contributed by atoms with van der Waals surface area (Å²) in [5, 5.41) is 12.7. The molecule has 0 fully saturated rings. The number of amides is 1. The van der Waals surface area contributed by atoms with Gasteiger partial charge in [-0.15, -0.1) is 10.2 Å². The number of anilines is 2. The van der Waals surface area contributed by atoms with E-state index in [9.17, 15) is 18.0 Å². The number of carbonyl (C=O) groups excluding carboxylic acids is 1. The smallest absolute Gasteiger partial charge is 0.286 e. The fourth-order valence-corrected chi connectivity index (χ4v) is 2.11. The number of nitrogens with one attached hydrogen (secondary N) is 2. The second kappa shape index (κ2) is 6.53. The minimum atomic E-state index is -1.20. The average molecular weight is 316 g/mol. The van der Waals surface area contributed by atoms with E-state index in [1.165, 1.54) is 0 Å². The molecule has 2 N–H and O–H groups in total. The summed E-state index contributed by atoms with van der Waals surface area (Å²) in [6.07, 6.45) is 0.868. The van der Waals surface area contributed by atoms with Crippen molar-refractivity contribution < 1.29 is 18.0 Å². The van der Waals surface area contributed by atoms with Crippen LogP contribution in [-0.4, -0.2) is 22.6 Å². The maximum atomic E-state index is 13.4. The standard InChI is InChI=1S/C12H11F3N4OS/c1-2-3-16-12-19-18-11(21-12)10(20)17-9-7(14)4-6(13)5-8(9)15/h4-5H,2-3H2,1H3,(H,16,19)(H,17,20). The molecule has 0 radical (unpaired) electrons. The lowest BCUT2D eigenvalue weighted by Gasteiger charge is -2.05. The summed E-state index contributed by atoms with van der Waals surface area (Å²) < 4.78 is 39.6. The minimum absolute atomic E-state index is 0.0586. The number of nitrogens with zero attached hydrogens (tertiary/aromatic N) is 2. The van der Waals surface area contributed by atoms with E-state index in [2.05, 4.69) is 15.5 Å². The molecule has 0 bridgehead atoms. The Balaban J connectivity index is 2.13. The minimum Gasteiger partial charge on any atom is -0.360 e. The van der Waals surface area contributed by atoms with Crippen LogP contribution >= 0.6 is 11.3 Å². The zero-order valence-corrected chi connectivity index (χ0v) is 11.7. The molecule has 0 spiro atoms. The second-order valence-electron chi connectivity index (χ2n) is 4.04. The van der Waals surface area contributed by atoms with E-state index in [0.29, 0.717) is 23.8 Å². The number of halogens is 3. The molecule has 1 amide bonds. The van der Waals surface area contributed by atoms with Crippen molar-refractivity contribution in [3.8, 4) is 0 Å². The summed E-state index contributed by atoms with van der Waals surface area (Å²) in [5.74, 6) is -4.28. The molecule has 0 aliphatic rings. The average Bonchev–Trinajstić information content (AvgIpc) is 2.89. The summed E-state index contributed by atoms with van der Waals surface area (Å²) >= 11 is 0.951. The van der Waals surface area contributed by atoms with Gasteiger partial charge >= 0.3 is 0 Å². The van der Waals surface area contributed by atoms with Crippen LogP contribution in [0.4, 0.5) is 24.0 Å². The predicted molar refractivity (Wildman–Crippen MR) is 73.0 cm³/mol. The van der Waals surface area contributed by atoms with Gasteiger partial charge in [-0.1, -0.05) is 18.3 Å². The molecule has 0 aliphatic heterocycles. The number of hydrogen-bond donors (Lipinski definition) is 2. The number of aromatic nitrogens is 2. The van der Waals surface area contributed by atoms with Gasteiger partial charge in [0.25, 0.3) is 5.91 Å². The van der Waals surface area contributed by atoms with Crippen LogP contribution in [0.15, 0.2) is 12.1 Å². The summed E-state index contributed by atoms with van der Waals surface area (Å²) in [6, 6.07) is 0.958. The van der Waals surface area contributed by atoms with E-state index in [-0.39, 0.29) is 5.01 Å². The molecule has 0 atom stereocenters. The summed E-state index contributed by atoms with van der Waals surface area (Å²) in [6.45, 7) is 2.62. The Bertz CT molecular complexity index is 639. The first-order valence-electron chi connectivity index (χ1n) is 6.04. The first-order valence-corrected chi connectivity index (χ1v) is 6.86. The van der Waals surface area contributed by atoms with Crippen LogP contribution in [0, 0.1) is 17.5 Å². The molecule has 5 nitrogen and oxygen atoms in total. The highest BCUT2D eigenvalue weighted by Gasteiger charge is 2.18. The van der Waals surface area contributed by atoms with Gasteiger partial charge in [0.05, 0.1) is 0 Å². The summed E-state index contributed by atoms with van der Waals surface area (Å²) in [5.41, 5.74) is -0.723. The summed E-state index contributed by atoms with van der Waals surface area (Å²) in [7, 11) is 0. The predicted octanol–water partition coefficient (Wildman–Crippen LogP) is 3.03. The van der Waals surface area contributed by atoms with E-state index in [1.807, 2.05) is 12.2 Å². The van der Waals surface area contributed by atoms with Gasteiger partial charge in [-0.05, 0) is 6.42 Å². The third-order valence-corrected chi connectivity index (χ3v) is 3.27. The summed E-state index contributed by atoms with van der Waals surface area (Å²) in [4.78, 5) is 11.8. The van der Waals surface area contributed by atoms with Crippen molar-refractivity contribution in [2.75, 3.05) is 17.2 Å². The second-order valence-corrected chi connectivity index (χ2v) is 5.02. The van der Waals surface area contributed by atoms with Gasteiger partial charge in [0.1, 0.15) is 11.5 Å². The zero-order valence-electron chi connectivity index (χ0n) is 10.9. The largest absolute Gasteiger partial charge is 0.360 e. The lowest BCUT2D eigenvalue weighted by atomic mass is 10.2. The van der Waals surface area contributed by atoms with Crippen molar-refractivity contribution in [1.82, 2.24) is 10.2 Å². The van der Waals surface area contributed by atoms with Crippen molar-refractivity contribution in [3.63, 3.8) is 0 Å². The topological polar surface area (TPSA) is 66.9 Å². The Morgan fingerprint density at radius 3 is 2.52 bits per heavy atom. The lowest BCUT2D eigenvalue weighted by Crippen LogP contribution is -2.14. The highest BCUT2D eigenvalue weighted by atomic mass is 32.1. The van der Waals surface area contributed by atoms with Crippen LogP contribution in [0.3, 0.4) is 0 Å². The Labute approximate surface area is 122 Å². The van der Waals surface area contributed by atoms with Crippen LogP contribution in [0.2, 0.25) is 0 Å². The van der Waals surface area contributed by atoms with Crippen LogP contribution in [0.25, 0.3) is 0 Å². The van der Waals surface area contributed by atoms with E-state index >= 15 is 0 Å². The quantitative estimate of drug-likeness (QED) is 0.890. The van der Waals surface area contributed by atoms with Crippen LogP contribution in [-0.2, 0) is 0 Å². The zero-order chi connectivity index (χ0) is 15.4. The third kappa shape index (κ3) is 3.69. The molecule has 2 rings (SSSR count). The molecule has 0 unspecified atom stereocenters. The first kappa shape index (κ1) is 15.2. The number of carbonyl (C=O) groups is 1. The van der Waals surface area contributed by atoms with E-state index in [1.54, 1.807) is 0 Å². The number of rotatable bonds is 5. The molecule has 2 aromatic rings. The molecule has 21 heavy (non-hydrogen) atoms. The lowest BCUT2D eigenvalue weighted by molar-refractivity contribution is 0.102. The Hall–Kier alpha value is -2.16. The number of benzene rings is 1. The Kier molecular flexibility index (Phi) is 4.73. The van der Waals surface area contributed by atoms with Gasteiger partial charge in [0.2, 0.25) is 10.1 Å². The fraction of sp³-hybridized carbons (Fsp3) is 0.250. The monoisotopic (exact) mass is 316 g/mol. The van der Waals surface area contributed by atoms with Crippen molar-refractivity contribution in [2.24, 2.45) is 0 Å².